The summed E-state index contributed by atoms with van der Waals surface area (Å²) in [6.45, 7) is 3.09. The zero-order valence-electron chi connectivity index (χ0n) is 40.1. The van der Waals surface area contributed by atoms with Gasteiger partial charge in [-0.15, -0.1) is 0 Å². The Kier molecular flexibility index (Phi) is 32.9. The predicted molar refractivity (Wildman–Crippen MR) is 250 cm³/mol. The highest BCUT2D eigenvalue weighted by Gasteiger charge is 2.54. The minimum Gasteiger partial charge on any atom is -0.462 e. The van der Waals surface area contributed by atoms with E-state index in [-0.39, 0.29) is 12.8 Å². The van der Waals surface area contributed by atoms with Crippen molar-refractivity contribution in [1.29, 1.82) is 0 Å². The third-order valence-electron chi connectivity index (χ3n) is 12.3. The quantitative estimate of drug-likeness (QED) is 0.00989. The number of ether oxygens (including phenoxy) is 3. The van der Waals surface area contributed by atoms with E-state index in [9.17, 15) is 53.8 Å². The van der Waals surface area contributed by atoms with E-state index in [1.807, 2.05) is 0 Å². The molecule has 1 saturated carbocycles. The summed E-state index contributed by atoms with van der Waals surface area (Å²) in [6, 6.07) is 0. The van der Waals surface area contributed by atoms with Gasteiger partial charge in [-0.3, -0.25) is 23.2 Å². The molecule has 2 fully saturated rings. The number of aliphatic hydroxyl groups excluding tert-OH is 4. The molecule has 1 saturated heterocycles. The maximum Gasteiger partial charge on any atom is 0.472 e. The summed E-state index contributed by atoms with van der Waals surface area (Å²) in [5.41, 5.74) is 0. The first-order valence-corrected chi connectivity index (χ1v) is 28.4. The molecule has 10 atom stereocenters. The van der Waals surface area contributed by atoms with Crippen molar-refractivity contribution in [2.45, 2.75) is 261 Å². The first kappa shape index (κ1) is 60.8. The number of aliphatic hydroxyl groups is 4. The Morgan fingerprint density at radius 1 is 0.545 bits per heavy atom. The number of hydrogen-bond donors (Lipinski definition) is 7. The van der Waals surface area contributed by atoms with Gasteiger partial charge in [0.2, 0.25) is 0 Å². The highest BCUT2D eigenvalue weighted by Crippen LogP contribution is 2.49. The minimum absolute atomic E-state index is 0.0271. The van der Waals surface area contributed by atoms with E-state index in [1.54, 1.807) is 0 Å². The van der Waals surface area contributed by atoms with E-state index in [4.69, 9.17) is 23.3 Å². The van der Waals surface area contributed by atoms with Gasteiger partial charge in [0.1, 0.15) is 43.2 Å². The highest BCUT2D eigenvalue weighted by molar-refractivity contribution is 7.47. The van der Waals surface area contributed by atoms with Crippen LogP contribution in [-0.4, -0.2) is 115 Å². The van der Waals surface area contributed by atoms with E-state index >= 15 is 0 Å². The van der Waals surface area contributed by atoms with Gasteiger partial charge in [-0.2, -0.15) is 0 Å². The van der Waals surface area contributed by atoms with Crippen LogP contribution in [0.1, 0.15) is 206 Å². The average Bonchev–Trinajstić information content (AvgIpc) is 4.03. The van der Waals surface area contributed by atoms with Crippen LogP contribution in [0.4, 0.5) is 0 Å². The molecule has 17 nitrogen and oxygen atoms in total. The van der Waals surface area contributed by atoms with Crippen molar-refractivity contribution in [3.63, 3.8) is 0 Å². The van der Waals surface area contributed by atoms with E-state index in [1.165, 1.54) is 96.3 Å². The molecule has 2 rings (SSSR count). The van der Waals surface area contributed by atoms with Gasteiger partial charge in [0.05, 0.1) is 18.8 Å². The molecule has 1 aliphatic heterocycles. The largest absolute Gasteiger partial charge is 0.472 e. The molecule has 0 bridgehead atoms. The molecule has 19 heteroatoms. The van der Waals surface area contributed by atoms with Crippen LogP contribution in [0.25, 0.3) is 0 Å². The molecule has 1 aliphatic carbocycles. The molecule has 388 valence electrons. The Balaban J connectivity index is 1.76. The van der Waals surface area contributed by atoms with Crippen LogP contribution in [-0.2, 0) is 46.5 Å². The van der Waals surface area contributed by atoms with Crippen LogP contribution in [0.15, 0.2) is 12.2 Å². The van der Waals surface area contributed by atoms with Gasteiger partial charge in [0.25, 0.3) is 0 Å². The summed E-state index contributed by atoms with van der Waals surface area (Å²) in [5.74, 6) is -1.22. The smallest absolute Gasteiger partial charge is 0.462 e. The van der Waals surface area contributed by atoms with Gasteiger partial charge in [0, 0.05) is 12.8 Å². The average molecular weight is 987 g/mol. The first-order chi connectivity index (χ1) is 31.6. The normalized spacial score (nSPS) is 24.6. The zero-order valence-corrected chi connectivity index (χ0v) is 41.9. The van der Waals surface area contributed by atoms with Crippen LogP contribution in [0.3, 0.4) is 0 Å². The van der Waals surface area contributed by atoms with E-state index in [0.717, 1.165) is 70.6 Å². The van der Waals surface area contributed by atoms with Crippen molar-refractivity contribution < 1.29 is 81.6 Å². The van der Waals surface area contributed by atoms with Crippen molar-refractivity contribution in [2.24, 2.45) is 0 Å². The van der Waals surface area contributed by atoms with Crippen molar-refractivity contribution in [3.05, 3.63) is 12.2 Å². The summed E-state index contributed by atoms with van der Waals surface area (Å²) < 4.78 is 55.2. The standard InChI is InChI=1S/C47H88O17P2/c1-3-5-7-8-9-10-11-12-13-14-15-16-17-18-22-25-29-33-40(48)59-35-37(36-60-66(57,58)64-47-44(52)42(50)43(51)46(45(47)53)63-65(54,55)56)61-41(49)34-30-26-23-20-19-21-24-28-32-39-38(62-39)31-27-6-4-2/h24,28,37-39,42-47,50-53H,3-23,25-27,29-36H2,1-2H3,(H,57,58)(H2,54,55,56)/b28-24-/t37-,38?,39?,42?,43?,44?,45?,46-,47+/m1/s1. The monoisotopic (exact) mass is 987 g/mol. The molecule has 66 heavy (non-hydrogen) atoms. The van der Waals surface area contributed by atoms with Crippen molar-refractivity contribution in [3.8, 4) is 0 Å². The predicted octanol–water partition coefficient (Wildman–Crippen LogP) is 8.95. The molecule has 0 aromatic carbocycles. The fourth-order valence-electron chi connectivity index (χ4n) is 8.21. The number of rotatable bonds is 42. The maximum atomic E-state index is 13.0. The number of phosphoric acid groups is 2. The SMILES string of the molecule is CCCCCCCCCCCCCCCCCCCC(=O)OC[C@H](COP(=O)(O)O[C@H]1C(O)C(O)C(O)[C@@H](OP(=O)(O)O)C1O)OC(=O)CCCCCCC/C=C\CC1OC1CCCCC. The number of esters is 2. The Bertz CT molecular complexity index is 1400. The van der Waals surface area contributed by atoms with E-state index < -0.39 is 83.5 Å². The van der Waals surface area contributed by atoms with Crippen molar-refractivity contribution >= 4 is 27.6 Å². The second kappa shape index (κ2) is 35.7. The van der Waals surface area contributed by atoms with Gasteiger partial charge in [-0.05, 0) is 38.5 Å². The lowest BCUT2D eigenvalue weighted by Gasteiger charge is -2.43. The first-order valence-electron chi connectivity index (χ1n) is 25.4. The highest BCUT2D eigenvalue weighted by atomic mass is 31.2. The molecular weight excluding hydrogens is 898 g/mol. The third kappa shape index (κ3) is 29.0. The Labute approximate surface area is 394 Å². The Morgan fingerprint density at radius 2 is 1.02 bits per heavy atom. The lowest BCUT2D eigenvalue weighted by atomic mass is 9.85. The van der Waals surface area contributed by atoms with Gasteiger partial charge < -0.3 is 49.3 Å². The fourth-order valence-corrected chi connectivity index (χ4v) is 9.75. The summed E-state index contributed by atoms with van der Waals surface area (Å²) >= 11 is 0. The van der Waals surface area contributed by atoms with Crippen molar-refractivity contribution in [2.75, 3.05) is 13.2 Å². The summed E-state index contributed by atoms with van der Waals surface area (Å²) in [4.78, 5) is 54.4. The van der Waals surface area contributed by atoms with Crippen molar-refractivity contribution in [1.82, 2.24) is 0 Å². The van der Waals surface area contributed by atoms with E-state index in [2.05, 4.69) is 30.5 Å². The topological polar surface area (TPSA) is 269 Å². The third-order valence-corrected chi connectivity index (χ3v) is 13.8. The van der Waals surface area contributed by atoms with Crippen LogP contribution in [0.2, 0.25) is 0 Å². The summed E-state index contributed by atoms with van der Waals surface area (Å²) in [6.07, 6.45) is 21.9. The molecule has 0 spiro atoms. The number of epoxide rings is 1. The van der Waals surface area contributed by atoms with Crippen LogP contribution in [0.5, 0.6) is 0 Å². The van der Waals surface area contributed by atoms with Crippen LogP contribution < -0.4 is 0 Å². The van der Waals surface area contributed by atoms with Gasteiger partial charge in [-0.25, -0.2) is 9.13 Å². The number of carbonyl (C=O) groups excluding carboxylic acids is 2. The maximum absolute atomic E-state index is 13.0. The zero-order chi connectivity index (χ0) is 48.6. The van der Waals surface area contributed by atoms with Gasteiger partial charge >= 0.3 is 27.6 Å². The molecule has 0 amide bonds. The second-order valence-electron chi connectivity index (χ2n) is 18.3. The molecule has 0 radical (unpaired) electrons. The fraction of sp³-hybridized carbons (Fsp3) is 0.915. The molecule has 2 aliphatic rings. The van der Waals surface area contributed by atoms with Gasteiger partial charge in [-0.1, -0.05) is 167 Å². The molecular formula is C47H88O17P2. The second-order valence-corrected chi connectivity index (χ2v) is 20.9. The summed E-state index contributed by atoms with van der Waals surface area (Å²) in [7, 11) is -10.7. The Morgan fingerprint density at radius 3 is 1.55 bits per heavy atom. The lowest BCUT2D eigenvalue weighted by molar-refractivity contribution is -0.216. The molecule has 0 aromatic rings. The summed E-state index contributed by atoms with van der Waals surface area (Å²) in [5, 5.41) is 41.3. The number of hydrogen-bond acceptors (Lipinski definition) is 14. The number of phosphoric ester groups is 2. The molecule has 1 heterocycles. The van der Waals surface area contributed by atoms with Crippen LogP contribution >= 0.6 is 15.6 Å². The number of allylic oxidation sites excluding steroid dienone is 1. The molecule has 7 N–H and O–H groups in total. The number of unbranched alkanes of at least 4 members (excludes halogenated alkanes) is 23. The van der Waals surface area contributed by atoms with Gasteiger partial charge in [0.15, 0.2) is 6.10 Å². The molecule has 0 aromatic heterocycles. The van der Waals surface area contributed by atoms with E-state index in [0.29, 0.717) is 25.0 Å². The minimum atomic E-state index is -5.37. The Hall–Kier alpha value is -1.30. The molecule has 7 unspecified atom stereocenters. The number of carbonyl (C=O) groups is 2. The van der Waals surface area contributed by atoms with Crippen LogP contribution in [0, 0.1) is 0 Å². The lowest BCUT2D eigenvalue weighted by Crippen LogP contribution is -2.64.